The third-order valence-electron chi connectivity index (χ3n) is 7.84. The number of fused-ring (bicyclic) bond motifs is 1. The molecule has 1 fully saturated rings. The number of aromatic nitrogens is 1. The Morgan fingerprint density at radius 1 is 0.921 bits per heavy atom. The standard InChI is InChI=1S/C33H34N2O3/c1-21(2)27-5-3-4-6-30(27)35-33(38)29-17-18-34-31-20-26(15-16-28(29)31)25-13-11-24(12-14-25)23-9-7-22(8-10-23)19-32(36)37/h3-6,11-18,20-23H,7-10,19H2,1-2H3,(H,35,38)(H,36,37)/t22-,23-. The van der Waals surface area contributed by atoms with Gasteiger partial charge in [0, 0.05) is 23.7 Å². The highest BCUT2D eigenvalue weighted by Gasteiger charge is 2.24. The van der Waals surface area contributed by atoms with E-state index in [4.69, 9.17) is 5.11 Å². The Labute approximate surface area is 223 Å². The van der Waals surface area contributed by atoms with E-state index in [2.05, 4.69) is 54.5 Å². The second kappa shape index (κ2) is 11.2. The molecule has 0 spiro atoms. The third kappa shape index (κ3) is 5.62. The summed E-state index contributed by atoms with van der Waals surface area (Å²) in [5, 5.41) is 13.0. The number of carbonyl (C=O) groups excluding carboxylic acids is 1. The first-order valence-electron chi connectivity index (χ1n) is 13.5. The fourth-order valence-electron chi connectivity index (χ4n) is 5.72. The molecule has 1 heterocycles. The van der Waals surface area contributed by atoms with Crippen molar-refractivity contribution in [2.75, 3.05) is 5.32 Å². The van der Waals surface area contributed by atoms with Crippen molar-refractivity contribution in [3.8, 4) is 11.1 Å². The average molecular weight is 507 g/mol. The maximum absolute atomic E-state index is 13.3. The molecule has 0 bridgehead atoms. The highest BCUT2D eigenvalue weighted by atomic mass is 16.4. The summed E-state index contributed by atoms with van der Waals surface area (Å²) in [5.41, 5.74) is 6.83. The Hall–Kier alpha value is -3.99. The van der Waals surface area contributed by atoms with Crippen LogP contribution in [0, 0.1) is 5.92 Å². The van der Waals surface area contributed by atoms with Crippen molar-refractivity contribution in [3.63, 3.8) is 0 Å². The van der Waals surface area contributed by atoms with Gasteiger partial charge in [0.05, 0.1) is 11.1 Å². The minimum absolute atomic E-state index is 0.138. The molecule has 5 heteroatoms. The molecule has 0 aliphatic heterocycles. The van der Waals surface area contributed by atoms with E-state index in [1.807, 2.05) is 36.4 Å². The van der Waals surface area contributed by atoms with Gasteiger partial charge in [-0.3, -0.25) is 14.6 Å². The van der Waals surface area contributed by atoms with E-state index in [0.29, 0.717) is 23.3 Å². The molecule has 0 radical (unpaired) electrons. The summed E-state index contributed by atoms with van der Waals surface area (Å²) in [7, 11) is 0. The lowest BCUT2D eigenvalue weighted by Crippen LogP contribution is -2.16. The number of pyridine rings is 1. The zero-order chi connectivity index (χ0) is 26.6. The van der Waals surface area contributed by atoms with Crippen molar-refractivity contribution in [2.24, 2.45) is 5.92 Å². The van der Waals surface area contributed by atoms with E-state index < -0.39 is 5.97 Å². The number of rotatable bonds is 7. The Kier molecular flexibility index (Phi) is 7.54. The smallest absolute Gasteiger partial charge is 0.303 e. The number of carboxylic acids is 1. The normalized spacial score (nSPS) is 17.4. The summed E-state index contributed by atoms with van der Waals surface area (Å²) in [6.07, 6.45) is 6.03. The molecule has 1 aliphatic carbocycles. The van der Waals surface area contributed by atoms with E-state index in [1.165, 1.54) is 5.56 Å². The van der Waals surface area contributed by atoms with Gasteiger partial charge in [0.2, 0.25) is 0 Å². The van der Waals surface area contributed by atoms with Crippen LogP contribution < -0.4 is 5.32 Å². The quantitative estimate of drug-likeness (QED) is 0.266. The molecule has 1 saturated carbocycles. The van der Waals surface area contributed by atoms with Gasteiger partial charge in [0.1, 0.15) is 0 Å². The summed E-state index contributed by atoms with van der Waals surface area (Å²) >= 11 is 0. The highest BCUT2D eigenvalue weighted by molar-refractivity contribution is 6.12. The fraction of sp³-hybridized carbons (Fsp3) is 0.303. The van der Waals surface area contributed by atoms with Gasteiger partial charge in [0.15, 0.2) is 0 Å². The van der Waals surface area contributed by atoms with E-state index in [0.717, 1.165) is 59.0 Å². The largest absolute Gasteiger partial charge is 0.481 e. The van der Waals surface area contributed by atoms with Crippen molar-refractivity contribution in [1.29, 1.82) is 0 Å². The van der Waals surface area contributed by atoms with Crippen LogP contribution in [0.3, 0.4) is 0 Å². The molecule has 1 aromatic heterocycles. The number of anilines is 1. The summed E-state index contributed by atoms with van der Waals surface area (Å²) < 4.78 is 0. The van der Waals surface area contributed by atoms with Crippen LogP contribution in [0.5, 0.6) is 0 Å². The first kappa shape index (κ1) is 25.7. The Morgan fingerprint density at radius 3 is 2.34 bits per heavy atom. The van der Waals surface area contributed by atoms with Gasteiger partial charge < -0.3 is 10.4 Å². The lowest BCUT2D eigenvalue weighted by Gasteiger charge is -2.28. The number of carboxylic acid groups (broad SMARTS) is 1. The maximum Gasteiger partial charge on any atom is 0.303 e. The molecule has 4 aromatic rings. The van der Waals surface area contributed by atoms with Crippen LogP contribution in [-0.4, -0.2) is 22.0 Å². The first-order chi connectivity index (χ1) is 18.4. The number of benzene rings is 3. The number of nitrogens with one attached hydrogen (secondary N) is 1. The topological polar surface area (TPSA) is 79.3 Å². The molecule has 1 aliphatic rings. The van der Waals surface area contributed by atoms with Crippen LogP contribution in [0.15, 0.2) is 79.0 Å². The number of para-hydroxylation sites is 1. The molecule has 0 unspecified atom stereocenters. The zero-order valence-corrected chi connectivity index (χ0v) is 22.0. The van der Waals surface area contributed by atoms with Gasteiger partial charge in [0.25, 0.3) is 5.91 Å². The van der Waals surface area contributed by atoms with Crippen LogP contribution in [-0.2, 0) is 4.79 Å². The van der Waals surface area contributed by atoms with Gasteiger partial charge in [-0.1, -0.05) is 68.4 Å². The molecule has 1 amide bonds. The third-order valence-corrected chi connectivity index (χ3v) is 7.84. The molecule has 2 N–H and O–H groups in total. The van der Waals surface area contributed by atoms with E-state index >= 15 is 0 Å². The van der Waals surface area contributed by atoms with Gasteiger partial charge in [-0.25, -0.2) is 0 Å². The van der Waals surface area contributed by atoms with Gasteiger partial charge in [-0.2, -0.15) is 0 Å². The Balaban J connectivity index is 1.32. The predicted molar refractivity (Wildman–Crippen MR) is 153 cm³/mol. The predicted octanol–water partition coefficient (Wildman–Crippen LogP) is 8.03. The molecule has 38 heavy (non-hydrogen) atoms. The van der Waals surface area contributed by atoms with Gasteiger partial charge >= 0.3 is 5.97 Å². The lowest BCUT2D eigenvalue weighted by atomic mass is 9.77. The van der Waals surface area contributed by atoms with Crippen LogP contribution in [0.4, 0.5) is 5.69 Å². The molecule has 0 atom stereocenters. The number of hydrogen-bond acceptors (Lipinski definition) is 3. The highest BCUT2D eigenvalue weighted by Crippen LogP contribution is 2.38. The maximum atomic E-state index is 13.3. The van der Waals surface area contributed by atoms with Gasteiger partial charge in [-0.15, -0.1) is 0 Å². The number of aliphatic carboxylic acids is 1. The second-order valence-electron chi connectivity index (χ2n) is 10.7. The zero-order valence-electron chi connectivity index (χ0n) is 22.0. The Morgan fingerprint density at radius 2 is 1.63 bits per heavy atom. The fourth-order valence-corrected chi connectivity index (χ4v) is 5.72. The number of nitrogens with zero attached hydrogens (tertiary/aromatic N) is 1. The Bertz CT molecular complexity index is 1450. The number of amides is 1. The number of hydrogen-bond donors (Lipinski definition) is 2. The van der Waals surface area contributed by atoms with Gasteiger partial charge in [-0.05, 0) is 83.9 Å². The van der Waals surface area contributed by atoms with Crippen molar-refractivity contribution >= 4 is 28.5 Å². The van der Waals surface area contributed by atoms with E-state index in [9.17, 15) is 9.59 Å². The second-order valence-corrected chi connectivity index (χ2v) is 10.7. The molecular weight excluding hydrogens is 472 g/mol. The SMILES string of the molecule is CC(C)c1ccccc1NC(=O)c1ccnc2cc(-c3ccc([C@H]4CC[C@H](CC(=O)O)CC4)cc3)ccc12. The van der Waals surface area contributed by atoms with Crippen molar-refractivity contribution in [1.82, 2.24) is 4.98 Å². The minimum atomic E-state index is -0.688. The van der Waals surface area contributed by atoms with Crippen molar-refractivity contribution in [2.45, 2.75) is 57.8 Å². The minimum Gasteiger partial charge on any atom is -0.481 e. The average Bonchev–Trinajstić information content (AvgIpc) is 2.93. The van der Waals surface area contributed by atoms with Crippen LogP contribution in [0.2, 0.25) is 0 Å². The van der Waals surface area contributed by atoms with E-state index in [1.54, 1.807) is 12.3 Å². The number of carbonyl (C=O) groups is 2. The molecule has 5 nitrogen and oxygen atoms in total. The summed E-state index contributed by atoms with van der Waals surface area (Å²) in [5.74, 6) is 0.286. The summed E-state index contributed by atoms with van der Waals surface area (Å²) in [6.45, 7) is 4.24. The van der Waals surface area contributed by atoms with Crippen molar-refractivity contribution < 1.29 is 14.7 Å². The van der Waals surface area contributed by atoms with E-state index in [-0.39, 0.29) is 12.3 Å². The molecule has 5 rings (SSSR count). The molecule has 0 saturated heterocycles. The van der Waals surface area contributed by atoms with Crippen LogP contribution in [0.25, 0.3) is 22.0 Å². The van der Waals surface area contributed by atoms with Crippen LogP contribution in [0.1, 0.15) is 79.3 Å². The van der Waals surface area contributed by atoms with Crippen molar-refractivity contribution in [3.05, 3.63) is 95.7 Å². The first-order valence-corrected chi connectivity index (χ1v) is 13.5. The molecule has 3 aromatic carbocycles. The molecular formula is C33H34N2O3. The summed E-state index contributed by atoms with van der Waals surface area (Å²) in [6, 6.07) is 24.5. The van der Waals surface area contributed by atoms with Crippen LogP contribution >= 0.6 is 0 Å². The monoisotopic (exact) mass is 506 g/mol. The summed E-state index contributed by atoms with van der Waals surface area (Å²) in [4.78, 5) is 28.8. The molecule has 194 valence electrons. The lowest BCUT2D eigenvalue weighted by molar-refractivity contribution is -0.138.